The summed E-state index contributed by atoms with van der Waals surface area (Å²) in [6, 6.07) is 11.5. The summed E-state index contributed by atoms with van der Waals surface area (Å²) < 4.78 is 11.5. The molecule has 3 heteroatoms. The maximum atomic E-state index is 5.85. The molecule has 2 aromatic rings. The van der Waals surface area contributed by atoms with Gasteiger partial charge in [-0.1, -0.05) is 24.3 Å². The Balaban J connectivity index is 1.73. The lowest BCUT2D eigenvalue weighted by molar-refractivity contribution is 0.174. The lowest BCUT2D eigenvalue weighted by atomic mass is 9.76. The van der Waals surface area contributed by atoms with Crippen molar-refractivity contribution in [3.05, 3.63) is 47.0 Å². The predicted molar refractivity (Wildman–Crippen MR) is 99.4 cm³/mol. The van der Waals surface area contributed by atoms with Crippen molar-refractivity contribution in [2.45, 2.75) is 31.7 Å². The molecule has 5 rings (SSSR count). The number of benzene rings is 2. The summed E-state index contributed by atoms with van der Waals surface area (Å²) in [5.74, 6) is 2.68. The minimum atomic E-state index is 0.481. The Morgan fingerprint density at radius 3 is 2.68 bits per heavy atom. The van der Waals surface area contributed by atoms with Crippen molar-refractivity contribution in [1.29, 1.82) is 0 Å². The standard InChI is InChI=1S/C22H25NO2/c1-24-19-12-16-9-10-23(13-14-7-8-14)18-11-15-5-3-4-6-17(15)21(20(16)18)22(19)25-2/h3-6,12,14,18H,7-11,13H2,1-2H3/t18-/m1/s1. The normalized spacial score (nSPS) is 21.4. The number of hydrogen-bond donors (Lipinski definition) is 0. The first-order valence-corrected chi connectivity index (χ1v) is 9.40. The second-order valence-corrected chi connectivity index (χ2v) is 7.63. The first-order valence-electron chi connectivity index (χ1n) is 9.40. The monoisotopic (exact) mass is 335 g/mol. The van der Waals surface area contributed by atoms with Crippen LogP contribution in [0.25, 0.3) is 11.1 Å². The number of ether oxygens (including phenoxy) is 2. The molecular weight excluding hydrogens is 310 g/mol. The van der Waals surface area contributed by atoms with Gasteiger partial charge in [0.05, 0.1) is 14.2 Å². The van der Waals surface area contributed by atoms with E-state index in [-0.39, 0.29) is 0 Å². The van der Waals surface area contributed by atoms with Crippen LogP contribution < -0.4 is 9.47 Å². The van der Waals surface area contributed by atoms with Crippen LogP contribution in [-0.4, -0.2) is 32.2 Å². The van der Waals surface area contributed by atoms with Crippen LogP contribution in [0.4, 0.5) is 0 Å². The SMILES string of the molecule is COc1cc2c3c(c1OC)-c1ccccc1C[C@H]3N(CC1CC1)CC2. The Hall–Kier alpha value is -2.00. The highest BCUT2D eigenvalue weighted by atomic mass is 16.5. The van der Waals surface area contributed by atoms with Crippen LogP contribution in [0.1, 0.15) is 35.6 Å². The van der Waals surface area contributed by atoms with Crippen LogP contribution in [-0.2, 0) is 12.8 Å². The van der Waals surface area contributed by atoms with Gasteiger partial charge in [-0.05, 0) is 59.9 Å². The van der Waals surface area contributed by atoms with Crippen molar-refractivity contribution in [2.75, 3.05) is 27.3 Å². The molecule has 0 N–H and O–H groups in total. The van der Waals surface area contributed by atoms with E-state index in [1.807, 2.05) is 0 Å². The Labute approximate surface area is 149 Å². The van der Waals surface area contributed by atoms with Crippen molar-refractivity contribution in [3.8, 4) is 22.6 Å². The maximum absolute atomic E-state index is 5.85. The lowest BCUT2D eigenvalue weighted by Gasteiger charge is -2.42. The van der Waals surface area contributed by atoms with Crippen LogP contribution in [0, 0.1) is 5.92 Å². The average molecular weight is 335 g/mol. The molecule has 1 fully saturated rings. The third-order valence-corrected chi connectivity index (χ3v) is 6.13. The molecular formula is C22H25NO2. The molecule has 0 bridgehead atoms. The molecule has 1 atom stereocenters. The van der Waals surface area contributed by atoms with Gasteiger partial charge < -0.3 is 9.47 Å². The van der Waals surface area contributed by atoms with Gasteiger partial charge in [-0.3, -0.25) is 4.90 Å². The third-order valence-electron chi connectivity index (χ3n) is 6.13. The quantitative estimate of drug-likeness (QED) is 0.834. The van der Waals surface area contributed by atoms with E-state index < -0.39 is 0 Å². The fourth-order valence-corrected chi connectivity index (χ4v) is 4.75. The van der Waals surface area contributed by atoms with E-state index in [1.165, 1.54) is 47.2 Å². The van der Waals surface area contributed by atoms with Crippen molar-refractivity contribution in [3.63, 3.8) is 0 Å². The minimum Gasteiger partial charge on any atom is -0.493 e. The summed E-state index contributed by atoms with van der Waals surface area (Å²) in [4.78, 5) is 2.73. The summed E-state index contributed by atoms with van der Waals surface area (Å²) in [7, 11) is 3.50. The van der Waals surface area contributed by atoms with Gasteiger partial charge in [0.2, 0.25) is 0 Å². The van der Waals surface area contributed by atoms with E-state index in [4.69, 9.17) is 9.47 Å². The fraction of sp³-hybridized carbons (Fsp3) is 0.455. The predicted octanol–water partition coefficient (Wildman–Crippen LogP) is 4.24. The number of methoxy groups -OCH3 is 2. The van der Waals surface area contributed by atoms with Gasteiger partial charge in [-0.15, -0.1) is 0 Å². The minimum absolute atomic E-state index is 0.481. The Bertz CT molecular complexity index is 825. The van der Waals surface area contributed by atoms with Crippen LogP contribution in [0.15, 0.2) is 30.3 Å². The van der Waals surface area contributed by atoms with Crippen molar-refractivity contribution in [2.24, 2.45) is 5.92 Å². The molecule has 1 aliphatic heterocycles. The fourth-order valence-electron chi connectivity index (χ4n) is 4.75. The van der Waals surface area contributed by atoms with Gasteiger partial charge >= 0.3 is 0 Å². The molecule has 130 valence electrons. The van der Waals surface area contributed by atoms with Crippen molar-refractivity contribution >= 4 is 0 Å². The summed E-state index contributed by atoms with van der Waals surface area (Å²) in [5.41, 5.74) is 6.95. The van der Waals surface area contributed by atoms with Crippen molar-refractivity contribution < 1.29 is 9.47 Å². The van der Waals surface area contributed by atoms with Crippen molar-refractivity contribution in [1.82, 2.24) is 4.90 Å². The number of nitrogens with zero attached hydrogens (tertiary/aromatic N) is 1. The second-order valence-electron chi connectivity index (χ2n) is 7.63. The molecule has 0 radical (unpaired) electrons. The molecule has 0 unspecified atom stereocenters. The van der Waals surface area contributed by atoms with Gasteiger partial charge in [0.1, 0.15) is 0 Å². The van der Waals surface area contributed by atoms with E-state index in [0.29, 0.717) is 6.04 Å². The zero-order chi connectivity index (χ0) is 17.0. The first kappa shape index (κ1) is 15.3. The van der Waals surface area contributed by atoms with E-state index in [2.05, 4.69) is 35.2 Å². The van der Waals surface area contributed by atoms with Crippen LogP contribution in [0.2, 0.25) is 0 Å². The Morgan fingerprint density at radius 1 is 1.08 bits per heavy atom. The summed E-state index contributed by atoms with van der Waals surface area (Å²) in [6.45, 7) is 2.41. The second kappa shape index (κ2) is 5.77. The molecule has 0 aromatic heterocycles. The smallest absolute Gasteiger partial charge is 0.168 e. The maximum Gasteiger partial charge on any atom is 0.168 e. The zero-order valence-electron chi connectivity index (χ0n) is 15.0. The number of fused-ring (bicyclic) bond motifs is 2. The van der Waals surface area contributed by atoms with Gasteiger partial charge in [0, 0.05) is 24.7 Å². The molecule has 0 spiro atoms. The molecule has 25 heavy (non-hydrogen) atoms. The van der Waals surface area contributed by atoms with Gasteiger partial charge in [0.15, 0.2) is 11.5 Å². The van der Waals surface area contributed by atoms with E-state index in [1.54, 1.807) is 14.2 Å². The molecule has 0 amide bonds. The summed E-state index contributed by atoms with van der Waals surface area (Å²) in [6.07, 6.45) is 5.03. The largest absolute Gasteiger partial charge is 0.493 e. The first-order chi connectivity index (χ1) is 12.3. The molecule has 1 saturated carbocycles. The zero-order valence-corrected chi connectivity index (χ0v) is 15.0. The molecule has 1 heterocycles. The van der Waals surface area contributed by atoms with E-state index >= 15 is 0 Å². The van der Waals surface area contributed by atoms with Crippen LogP contribution >= 0.6 is 0 Å². The highest BCUT2D eigenvalue weighted by Gasteiger charge is 2.39. The lowest BCUT2D eigenvalue weighted by Crippen LogP contribution is -2.39. The number of rotatable bonds is 4. The molecule has 3 aliphatic rings. The highest BCUT2D eigenvalue weighted by molar-refractivity contribution is 5.83. The highest BCUT2D eigenvalue weighted by Crippen LogP contribution is 2.52. The topological polar surface area (TPSA) is 21.7 Å². The van der Waals surface area contributed by atoms with Gasteiger partial charge in [0.25, 0.3) is 0 Å². The number of hydrogen-bond acceptors (Lipinski definition) is 3. The average Bonchev–Trinajstić information content (AvgIpc) is 3.47. The summed E-state index contributed by atoms with van der Waals surface area (Å²) >= 11 is 0. The summed E-state index contributed by atoms with van der Waals surface area (Å²) in [5, 5.41) is 0. The van der Waals surface area contributed by atoms with E-state index in [9.17, 15) is 0 Å². The van der Waals surface area contributed by atoms with E-state index in [0.717, 1.165) is 36.8 Å². The molecule has 2 aromatic carbocycles. The van der Waals surface area contributed by atoms with Crippen LogP contribution in [0.3, 0.4) is 0 Å². The molecule has 2 aliphatic carbocycles. The van der Waals surface area contributed by atoms with Gasteiger partial charge in [-0.2, -0.15) is 0 Å². The van der Waals surface area contributed by atoms with Gasteiger partial charge in [-0.25, -0.2) is 0 Å². The Kier molecular flexibility index (Phi) is 3.53. The van der Waals surface area contributed by atoms with Crippen LogP contribution in [0.5, 0.6) is 11.5 Å². The molecule has 3 nitrogen and oxygen atoms in total. The Morgan fingerprint density at radius 2 is 1.92 bits per heavy atom. The molecule has 0 saturated heterocycles. The third kappa shape index (κ3) is 2.36.